The van der Waals surface area contributed by atoms with Gasteiger partial charge in [0.05, 0.1) is 0 Å². The van der Waals surface area contributed by atoms with Gasteiger partial charge in [-0.15, -0.1) is 0 Å². The molecule has 4 amide bonds. The Balaban J connectivity index is 2.01. The molecule has 0 unspecified atom stereocenters. The van der Waals surface area contributed by atoms with Gasteiger partial charge < -0.3 is 15.4 Å². The summed E-state index contributed by atoms with van der Waals surface area (Å²) in [6.07, 6.45) is 0. The van der Waals surface area contributed by atoms with E-state index < -0.39 is 42.5 Å². The fraction of sp³-hybridized carbons (Fsp3) is 0.444. The van der Waals surface area contributed by atoms with E-state index in [1.54, 1.807) is 32.9 Å². The topological polar surface area (TPSA) is 105 Å². The van der Waals surface area contributed by atoms with Crippen LogP contribution < -0.4 is 10.6 Å². The van der Waals surface area contributed by atoms with Crippen molar-refractivity contribution in [2.24, 2.45) is 0 Å². The summed E-state index contributed by atoms with van der Waals surface area (Å²) in [6.45, 7) is 6.03. The zero-order chi connectivity index (χ0) is 19.5. The van der Waals surface area contributed by atoms with Gasteiger partial charge in [-0.2, -0.15) is 0 Å². The minimum Gasteiger partial charge on any atom is -0.454 e. The number of benzene rings is 1. The summed E-state index contributed by atoms with van der Waals surface area (Å²) in [5.74, 6) is -1.83. The summed E-state index contributed by atoms with van der Waals surface area (Å²) < 4.78 is 4.83. The second-order valence-corrected chi connectivity index (χ2v) is 6.70. The van der Waals surface area contributed by atoms with Crippen LogP contribution in [0.2, 0.25) is 0 Å². The maximum Gasteiger partial charge on any atom is 0.326 e. The van der Waals surface area contributed by atoms with Gasteiger partial charge >= 0.3 is 12.0 Å². The summed E-state index contributed by atoms with van der Waals surface area (Å²) >= 11 is 0. The van der Waals surface area contributed by atoms with Crippen LogP contribution in [0.1, 0.15) is 31.9 Å². The number of ether oxygens (including phenoxy) is 1. The number of carbonyl (C=O) groups excluding carboxylic acids is 4. The van der Waals surface area contributed by atoms with Crippen LogP contribution in [-0.2, 0) is 24.7 Å². The lowest BCUT2D eigenvalue weighted by Crippen LogP contribution is -2.42. The molecule has 1 aliphatic heterocycles. The summed E-state index contributed by atoms with van der Waals surface area (Å²) in [7, 11) is 0. The van der Waals surface area contributed by atoms with Gasteiger partial charge in [0, 0.05) is 6.04 Å². The third-order valence-electron chi connectivity index (χ3n) is 4.01. The number of esters is 1. The Kier molecular flexibility index (Phi) is 5.64. The van der Waals surface area contributed by atoms with E-state index in [4.69, 9.17) is 4.74 Å². The minimum atomic E-state index is -1.25. The molecule has 2 rings (SSSR count). The van der Waals surface area contributed by atoms with Crippen molar-refractivity contribution in [3.63, 3.8) is 0 Å². The van der Waals surface area contributed by atoms with Crippen molar-refractivity contribution in [2.75, 3.05) is 13.2 Å². The van der Waals surface area contributed by atoms with Crippen LogP contribution in [0.4, 0.5) is 4.79 Å². The lowest BCUT2D eigenvalue weighted by Gasteiger charge is -2.22. The van der Waals surface area contributed by atoms with E-state index in [1.165, 1.54) is 0 Å². The van der Waals surface area contributed by atoms with Crippen LogP contribution in [-0.4, -0.2) is 47.9 Å². The van der Waals surface area contributed by atoms with Gasteiger partial charge in [0.1, 0.15) is 12.1 Å². The summed E-state index contributed by atoms with van der Waals surface area (Å²) in [4.78, 5) is 49.0. The Hall–Kier alpha value is -2.90. The Labute approximate surface area is 151 Å². The Morgan fingerprint density at radius 1 is 1.23 bits per heavy atom. The van der Waals surface area contributed by atoms with E-state index in [0.29, 0.717) is 5.56 Å². The van der Waals surface area contributed by atoms with E-state index in [1.807, 2.05) is 19.1 Å². The quantitative estimate of drug-likeness (QED) is 0.577. The first kappa shape index (κ1) is 19.4. The Morgan fingerprint density at radius 3 is 2.42 bits per heavy atom. The van der Waals surface area contributed by atoms with E-state index >= 15 is 0 Å². The predicted octanol–water partition coefficient (Wildman–Crippen LogP) is 0.830. The minimum absolute atomic E-state index is 0.0812. The van der Waals surface area contributed by atoms with Gasteiger partial charge in [-0.05, 0) is 33.3 Å². The van der Waals surface area contributed by atoms with E-state index in [0.717, 1.165) is 10.5 Å². The maximum atomic E-state index is 12.7. The Morgan fingerprint density at radius 2 is 1.85 bits per heavy atom. The maximum absolute atomic E-state index is 12.7. The van der Waals surface area contributed by atoms with Crippen molar-refractivity contribution in [2.45, 2.75) is 39.3 Å². The normalized spacial score (nSPS) is 19.5. The lowest BCUT2D eigenvalue weighted by molar-refractivity contribution is -0.151. The first-order valence-corrected chi connectivity index (χ1v) is 8.29. The molecule has 0 bridgehead atoms. The number of carbonyl (C=O) groups is 4. The lowest BCUT2D eigenvalue weighted by atomic mass is 9.91. The fourth-order valence-corrected chi connectivity index (χ4v) is 2.61. The molecule has 0 radical (unpaired) electrons. The van der Waals surface area contributed by atoms with Crippen molar-refractivity contribution in [1.82, 2.24) is 15.5 Å². The molecule has 1 fully saturated rings. The zero-order valence-electron chi connectivity index (χ0n) is 15.3. The number of nitrogens with one attached hydrogen (secondary N) is 2. The van der Waals surface area contributed by atoms with E-state index in [9.17, 15) is 19.2 Å². The number of aryl methyl sites for hydroxylation is 1. The largest absolute Gasteiger partial charge is 0.454 e. The molecule has 8 heteroatoms. The first-order valence-electron chi connectivity index (χ1n) is 8.29. The standard InChI is InChI=1S/C18H23N3O5/c1-11(2)19-14(22)10-26-15(23)9-21-16(24)18(4,20-17(21)25)13-7-5-12(3)6-8-13/h5-8,11H,9-10H2,1-4H3,(H,19,22)(H,20,25)/t18-/m0/s1. The second-order valence-electron chi connectivity index (χ2n) is 6.70. The molecule has 1 atom stereocenters. The summed E-state index contributed by atoms with van der Waals surface area (Å²) in [5.41, 5.74) is 0.392. The molecule has 0 saturated carbocycles. The molecular formula is C18H23N3O5. The zero-order valence-corrected chi connectivity index (χ0v) is 15.3. The van der Waals surface area contributed by atoms with Gasteiger partial charge in [0.2, 0.25) is 0 Å². The van der Waals surface area contributed by atoms with E-state index in [-0.39, 0.29) is 6.04 Å². The molecule has 1 aromatic rings. The van der Waals surface area contributed by atoms with Crippen LogP contribution in [0.5, 0.6) is 0 Å². The molecule has 1 heterocycles. The van der Waals surface area contributed by atoms with Crippen LogP contribution in [0.3, 0.4) is 0 Å². The molecule has 0 spiro atoms. The van der Waals surface area contributed by atoms with Crippen molar-refractivity contribution >= 4 is 23.8 Å². The highest BCUT2D eigenvalue weighted by Crippen LogP contribution is 2.28. The smallest absolute Gasteiger partial charge is 0.326 e. The third-order valence-corrected chi connectivity index (χ3v) is 4.01. The van der Waals surface area contributed by atoms with Crippen molar-refractivity contribution in [3.05, 3.63) is 35.4 Å². The van der Waals surface area contributed by atoms with Gasteiger partial charge in [0.15, 0.2) is 6.61 Å². The van der Waals surface area contributed by atoms with Crippen molar-refractivity contribution in [1.29, 1.82) is 0 Å². The number of hydrogen-bond acceptors (Lipinski definition) is 5. The summed E-state index contributed by atoms with van der Waals surface area (Å²) in [5, 5.41) is 5.19. The summed E-state index contributed by atoms with van der Waals surface area (Å²) in [6, 6.07) is 6.43. The van der Waals surface area contributed by atoms with E-state index in [2.05, 4.69) is 10.6 Å². The molecule has 26 heavy (non-hydrogen) atoms. The van der Waals surface area contributed by atoms with Gasteiger partial charge in [-0.1, -0.05) is 29.8 Å². The average Bonchev–Trinajstić information content (AvgIpc) is 2.77. The highest BCUT2D eigenvalue weighted by atomic mass is 16.5. The monoisotopic (exact) mass is 361 g/mol. The molecule has 1 aliphatic rings. The molecule has 2 N–H and O–H groups in total. The number of rotatable bonds is 6. The van der Waals surface area contributed by atoms with Crippen molar-refractivity contribution in [3.8, 4) is 0 Å². The number of imide groups is 1. The van der Waals surface area contributed by atoms with Gasteiger partial charge in [-0.3, -0.25) is 19.3 Å². The molecule has 140 valence electrons. The predicted molar refractivity (Wildman–Crippen MR) is 93.0 cm³/mol. The van der Waals surface area contributed by atoms with Crippen LogP contribution in [0.25, 0.3) is 0 Å². The number of hydrogen-bond donors (Lipinski definition) is 2. The fourth-order valence-electron chi connectivity index (χ4n) is 2.61. The number of nitrogens with zero attached hydrogens (tertiary/aromatic N) is 1. The van der Waals surface area contributed by atoms with Crippen molar-refractivity contribution < 1.29 is 23.9 Å². The van der Waals surface area contributed by atoms with Gasteiger partial charge in [0.25, 0.3) is 11.8 Å². The first-order chi connectivity index (χ1) is 12.1. The highest BCUT2D eigenvalue weighted by molar-refractivity contribution is 6.08. The third kappa shape index (κ3) is 4.19. The molecule has 1 saturated heterocycles. The Bertz CT molecular complexity index is 729. The van der Waals surface area contributed by atoms with Crippen LogP contribution in [0.15, 0.2) is 24.3 Å². The second kappa shape index (κ2) is 7.55. The highest BCUT2D eigenvalue weighted by Gasteiger charge is 2.49. The van der Waals surface area contributed by atoms with Crippen LogP contribution >= 0.6 is 0 Å². The molecule has 0 aliphatic carbocycles. The molecule has 1 aromatic carbocycles. The van der Waals surface area contributed by atoms with Gasteiger partial charge in [-0.25, -0.2) is 4.79 Å². The molecule has 8 nitrogen and oxygen atoms in total. The average molecular weight is 361 g/mol. The number of amides is 4. The SMILES string of the molecule is Cc1ccc([C@]2(C)NC(=O)N(CC(=O)OCC(=O)NC(C)C)C2=O)cc1. The molecule has 0 aromatic heterocycles. The van der Waals surface area contributed by atoms with Crippen LogP contribution in [0, 0.1) is 6.92 Å². The number of urea groups is 1. The molecular weight excluding hydrogens is 338 g/mol.